The standard InChI is InChI=1S/C21H18FN5O5/c22-13-9-12(23-19(29)21(7-8-21)20(30)31)3-4-14(13)32-17-6-5-16-24-15(10-27(16)26-17)25-18(28)11-1-2-11/h3-6,9-11H,1-2,7-8H2,(H,23,29)(H,25,28)(H,30,31). The fourth-order valence-electron chi connectivity index (χ4n) is 3.24. The van der Waals surface area contributed by atoms with Crippen molar-refractivity contribution in [3.05, 3.63) is 42.3 Å². The number of carbonyl (C=O) groups excluding carboxylic acids is 2. The Morgan fingerprint density at radius 2 is 1.94 bits per heavy atom. The maximum Gasteiger partial charge on any atom is 0.319 e. The Kier molecular flexibility index (Phi) is 4.54. The molecule has 11 heteroatoms. The molecule has 2 fully saturated rings. The molecule has 10 nitrogen and oxygen atoms in total. The Hall–Kier alpha value is -4.02. The second-order valence-electron chi connectivity index (χ2n) is 7.95. The van der Waals surface area contributed by atoms with Crippen LogP contribution in [-0.4, -0.2) is 37.5 Å². The first-order valence-electron chi connectivity index (χ1n) is 10.0. The van der Waals surface area contributed by atoms with Crippen molar-refractivity contribution in [2.75, 3.05) is 10.6 Å². The second kappa shape index (κ2) is 7.29. The number of hydrogen-bond donors (Lipinski definition) is 3. The first-order valence-corrected chi connectivity index (χ1v) is 10.0. The third-order valence-electron chi connectivity index (χ3n) is 5.49. The average Bonchev–Trinajstić information content (AvgIpc) is 3.65. The maximum atomic E-state index is 14.5. The van der Waals surface area contributed by atoms with Gasteiger partial charge in [0.05, 0.1) is 6.20 Å². The highest BCUT2D eigenvalue weighted by Gasteiger charge is 2.57. The molecular weight excluding hydrogens is 421 g/mol. The van der Waals surface area contributed by atoms with E-state index in [1.165, 1.54) is 28.9 Å². The van der Waals surface area contributed by atoms with E-state index < -0.39 is 23.1 Å². The van der Waals surface area contributed by atoms with Crippen LogP contribution < -0.4 is 15.4 Å². The van der Waals surface area contributed by atoms with E-state index in [2.05, 4.69) is 20.7 Å². The van der Waals surface area contributed by atoms with Gasteiger partial charge in [-0.3, -0.25) is 14.4 Å². The molecule has 0 saturated heterocycles. The van der Waals surface area contributed by atoms with Crippen molar-refractivity contribution < 1.29 is 28.6 Å². The molecular formula is C21H18FN5O5. The van der Waals surface area contributed by atoms with Crippen LogP contribution in [-0.2, 0) is 14.4 Å². The number of aliphatic carboxylic acids is 1. The summed E-state index contributed by atoms with van der Waals surface area (Å²) in [6.45, 7) is 0. The molecule has 2 aliphatic carbocycles. The molecule has 3 aromatic rings. The molecule has 0 unspecified atom stereocenters. The molecule has 32 heavy (non-hydrogen) atoms. The molecule has 2 aromatic heterocycles. The van der Waals surface area contributed by atoms with E-state index in [9.17, 15) is 23.9 Å². The third kappa shape index (κ3) is 3.72. The van der Waals surface area contributed by atoms with Gasteiger partial charge in [-0.1, -0.05) is 0 Å². The Balaban J connectivity index is 1.28. The number of amides is 2. The van der Waals surface area contributed by atoms with Crippen molar-refractivity contribution in [2.24, 2.45) is 11.3 Å². The van der Waals surface area contributed by atoms with Gasteiger partial charge in [-0.05, 0) is 43.9 Å². The molecule has 1 aromatic carbocycles. The zero-order chi connectivity index (χ0) is 22.5. The summed E-state index contributed by atoms with van der Waals surface area (Å²) in [6.07, 6.45) is 3.81. The van der Waals surface area contributed by atoms with Gasteiger partial charge in [0.2, 0.25) is 17.7 Å². The minimum Gasteiger partial charge on any atom is -0.480 e. The first kappa shape index (κ1) is 19.9. The molecule has 0 bridgehead atoms. The molecule has 2 heterocycles. The van der Waals surface area contributed by atoms with Gasteiger partial charge in [-0.15, -0.1) is 5.10 Å². The average molecular weight is 439 g/mol. The maximum absolute atomic E-state index is 14.5. The molecule has 164 valence electrons. The van der Waals surface area contributed by atoms with Crippen LogP contribution in [0.4, 0.5) is 15.9 Å². The molecule has 2 aliphatic rings. The van der Waals surface area contributed by atoms with Crippen LogP contribution in [0.3, 0.4) is 0 Å². The minimum absolute atomic E-state index is 0.0429. The van der Waals surface area contributed by atoms with Crippen molar-refractivity contribution in [3.8, 4) is 11.6 Å². The van der Waals surface area contributed by atoms with Gasteiger partial charge in [0.15, 0.2) is 23.0 Å². The van der Waals surface area contributed by atoms with Crippen molar-refractivity contribution in [3.63, 3.8) is 0 Å². The van der Waals surface area contributed by atoms with Crippen molar-refractivity contribution >= 4 is 34.9 Å². The lowest BCUT2D eigenvalue weighted by molar-refractivity contribution is -0.147. The summed E-state index contributed by atoms with van der Waals surface area (Å²) in [5, 5.41) is 18.5. The number of carbonyl (C=O) groups is 3. The number of anilines is 2. The number of rotatable bonds is 7. The number of carboxylic acids is 1. The molecule has 0 spiro atoms. The quantitative estimate of drug-likeness (QED) is 0.482. The van der Waals surface area contributed by atoms with E-state index in [1.807, 2.05) is 0 Å². The number of imidazole rings is 1. The first-order chi connectivity index (χ1) is 15.3. The SMILES string of the molecule is O=C(Nc1cn2nc(Oc3ccc(NC(=O)C4(C(=O)O)CC4)cc3F)ccc2n1)C1CC1. The monoisotopic (exact) mass is 439 g/mol. The Morgan fingerprint density at radius 1 is 1.16 bits per heavy atom. The molecule has 0 radical (unpaired) electrons. The van der Waals surface area contributed by atoms with Crippen molar-refractivity contribution in [1.82, 2.24) is 14.6 Å². The van der Waals surface area contributed by atoms with Crippen molar-refractivity contribution in [1.29, 1.82) is 0 Å². The van der Waals surface area contributed by atoms with Gasteiger partial charge in [0, 0.05) is 23.7 Å². The summed E-state index contributed by atoms with van der Waals surface area (Å²) in [7, 11) is 0. The fraction of sp³-hybridized carbons (Fsp3) is 0.286. The second-order valence-corrected chi connectivity index (χ2v) is 7.95. The normalized spacial score (nSPS) is 16.4. The van der Waals surface area contributed by atoms with Crippen LogP contribution in [0.2, 0.25) is 0 Å². The van der Waals surface area contributed by atoms with E-state index in [4.69, 9.17) is 4.74 Å². The number of nitrogens with one attached hydrogen (secondary N) is 2. The topological polar surface area (TPSA) is 135 Å². The van der Waals surface area contributed by atoms with Gasteiger partial charge in [-0.2, -0.15) is 0 Å². The van der Waals surface area contributed by atoms with E-state index in [1.54, 1.807) is 6.07 Å². The van der Waals surface area contributed by atoms with Gasteiger partial charge < -0.3 is 20.5 Å². The third-order valence-corrected chi connectivity index (χ3v) is 5.49. The van der Waals surface area contributed by atoms with E-state index in [0.717, 1.165) is 18.9 Å². The number of fused-ring (bicyclic) bond motifs is 1. The molecule has 5 rings (SSSR count). The molecule has 2 amide bonds. The number of benzene rings is 1. The van der Waals surface area contributed by atoms with Gasteiger partial charge in [0.25, 0.3) is 0 Å². The predicted molar refractivity (Wildman–Crippen MR) is 109 cm³/mol. The van der Waals surface area contributed by atoms with Crippen LogP contribution in [0.5, 0.6) is 11.6 Å². The zero-order valence-electron chi connectivity index (χ0n) is 16.7. The summed E-state index contributed by atoms with van der Waals surface area (Å²) in [4.78, 5) is 39.5. The van der Waals surface area contributed by atoms with Gasteiger partial charge in [0.1, 0.15) is 5.41 Å². The fourth-order valence-corrected chi connectivity index (χ4v) is 3.24. The molecule has 2 saturated carbocycles. The lowest BCUT2D eigenvalue weighted by Crippen LogP contribution is -2.31. The number of aromatic nitrogens is 3. The summed E-state index contributed by atoms with van der Waals surface area (Å²) in [5.41, 5.74) is -0.817. The van der Waals surface area contributed by atoms with Gasteiger partial charge in [-0.25, -0.2) is 13.9 Å². The molecule has 3 N–H and O–H groups in total. The summed E-state index contributed by atoms with van der Waals surface area (Å²) < 4.78 is 21.4. The molecule has 0 aliphatic heterocycles. The highest BCUT2D eigenvalue weighted by Crippen LogP contribution is 2.46. The van der Waals surface area contributed by atoms with E-state index in [-0.39, 0.29) is 42.0 Å². The smallest absolute Gasteiger partial charge is 0.319 e. The lowest BCUT2D eigenvalue weighted by atomic mass is 10.1. The van der Waals surface area contributed by atoms with Crippen molar-refractivity contribution in [2.45, 2.75) is 25.7 Å². The Labute approximate surface area is 180 Å². The number of hydrogen-bond acceptors (Lipinski definition) is 6. The van der Waals surface area contributed by atoms with E-state index >= 15 is 0 Å². The van der Waals surface area contributed by atoms with Crippen LogP contribution in [0.25, 0.3) is 5.65 Å². The number of nitrogens with zero attached hydrogens (tertiary/aromatic N) is 3. The largest absolute Gasteiger partial charge is 0.480 e. The summed E-state index contributed by atoms with van der Waals surface area (Å²) in [5.74, 6) is -2.32. The number of carboxylic acid groups (broad SMARTS) is 1. The molecule has 0 atom stereocenters. The van der Waals surface area contributed by atoms with Crippen LogP contribution in [0.15, 0.2) is 36.5 Å². The highest BCUT2D eigenvalue weighted by atomic mass is 19.1. The van der Waals surface area contributed by atoms with Crippen LogP contribution in [0.1, 0.15) is 25.7 Å². The summed E-state index contributed by atoms with van der Waals surface area (Å²) in [6, 6.07) is 6.89. The number of ether oxygens (including phenoxy) is 1. The predicted octanol–water partition coefficient (Wildman–Crippen LogP) is 2.81. The lowest BCUT2D eigenvalue weighted by Gasteiger charge is -2.12. The Morgan fingerprint density at radius 3 is 2.59 bits per heavy atom. The van der Waals surface area contributed by atoms with Crippen LogP contribution >= 0.6 is 0 Å². The number of halogens is 1. The minimum atomic E-state index is -1.42. The Bertz CT molecular complexity index is 1260. The van der Waals surface area contributed by atoms with E-state index in [0.29, 0.717) is 11.5 Å². The zero-order valence-corrected chi connectivity index (χ0v) is 16.7. The summed E-state index contributed by atoms with van der Waals surface area (Å²) >= 11 is 0. The highest BCUT2D eigenvalue weighted by molar-refractivity contribution is 6.10. The van der Waals surface area contributed by atoms with Crippen LogP contribution in [0, 0.1) is 17.2 Å². The van der Waals surface area contributed by atoms with Gasteiger partial charge >= 0.3 is 5.97 Å².